The van der Waals surface area contributed by atoms with Crippen LogP contribution in [-0.2, 0) is 67.8 Å². The normalized spacial score (nSPS) is 32.1. The van der Waals surface area contributed by atoms with Gasteiger partial charge in [0.05, 0.1) is 26.2 Å². The molecule has 44 heteroatoms. The average molecular weight is 1290 g/mol. The zero-order valence-electron chi connectivity index (χ0n) is 44.4. The van der Waals surface area contributed by atoms with Crippen molar-refractivity contribution >= 4 is 89.8 Å². The van der Waals surface area contributed by atoms with E-state index in [0.717, 1.165) is 63.5 Å². The fourth-order valence-electron chi connectivity index (χ4n) is 15.4. The van der Waals surface area contributed by atoms with Crippen LogP contribution in [0.1, 0.15) is 49.9 Å². The van der Waals surface area contributed by atoms with Crippen molar-refractivity contribution in [3.05, 3.63) is 46.5 Å². The maximum atomic E-state index is 15.4. The van der Waals surface area contributed by atoms with E-state index in [0.29, 0.717) is 0 Å². The Kier molecular flexibility index (Phi) is 10.0. The molecule has 13 heterocycles. The van der Waals surface area contributed by atoms with Crippen LogP contribution in [0.25, 0.3) is 0 Å². The summed E-state index contributed by atoms with van der Waals surface area (Å²) in [4.78, 5) is 141. The van der Waals surface area contributed by atoms with Crippen molar-refractivity contribution in [2.24, 2.45) is 0 Å². The van der Waals surface area contributed by atoms with Crippen LogP contribution in [0.2, 0.25) is 0 Å². The number of benzene rings is 2. The lowest BCUT2D eigenvalue weighted by atomic mass is 9.95. The summed E-state index contributed by atoms with van der Waals surface area (Å²) in [6.07, 6.45) is -5.55. The molecule has 16 amide bonds. The second-order valence-corrected chi connectivity index (χ2v) is 26.8. The minimum Gasteiger partial charge on any atom is -0.361 e. The van der Waals surface area contributed by atoms with E-state index in [2.05, 4.69) is 0 Å². The van der Waals surface area contributed by atoms with Gasteiger partial charge >= 0.3 is 89.8 Å². The largest absolute Gasteiger partial charge is 0.446 e. The maximum absolute atomic E-state index is 15.4. The highest BCUT2D eigenvalue weighted by atomic mass is 32.3. The van der Waals surface area contributed by atoms with Crippen molar-refractivity contribution in [3.63, 3.8) is 0 Å². The predicted octanol–water partition coefficient (Wildman–Crippen LogP) is -2.00. The Morgan fingerprint density at radius 2 is 0.488 bits per heavy atom. The van der Waals surface area contributed by atoms with Crippen molar-refractivity contribution in [1.29, 1.82) is 0 Å². The molecule has 13 aliphatic rings. The first kappa shape index (κ1) is 54.1. The monoisotopic (exact) mass is 1280 g/mol. The molecule has 11 fully saturated rings. The van der Waals surface area contributed by atoms with Crippen molar-refractivity contribution in [2.45, 2.75) is 101 Å². The SMILES string of the molecule is CC12N3Cc4c(OS(=O)(=O)O)ccc(OS(=O)(=O)O)c4CN1C(=O)N1CN4C(=O)N5CN6C(=O)N7CN8C(=O)N9Cc%10c(OS(=O)(=O)O)ccc(OS(=O)(=O)O)c%10CN%10C(=O)N(CN%11C(=O)N(CN%12C(=O)N(CN(C3=O)C12C)C4C%125)C6C%117)C8(C)C%109C. The molecule has 460 valence electrons. The summed E-state index contributed by atoms with van der Waals surface area (Å²) in [5, 5.41) is 0. The second kappa shape index (κ2) is 15.9. The zero-order chi connectivity index (χ0) is 61.5. The summed E-state index contributed by atoms with van der Waals surface area (Å²) in [7, 11) is -21.2. The Hall–Kier alpha value is -8.56. The Labute approximate surface area is 484 Å². The molecule has 2 aromatic rings. The van der Waals surface area contributed by atoms with Crippen molar-refractivity contribution < 1.29 is 107 Å². The molecule has 0 spiro atoms. The quantitative estimate of drug-likeness (QED) is 0.208. The van der Waals surface area contributed by atoms with Crippen LogP contribution in [-0.4, -0.2) is 266 Å². The first-order valence-corrected chi connectivity index (χ1v) is 31.0. The van der Waals surface area contributed by atoms with Crippen LogP contribution in [0.5, 0.6) is 23.0 Å². The molecule has 0 bridgehead atoms. The van der Waals surface area contributed by atoms with Gasteiger partial charge in [-0.3, -0.25) is 96.6 Å². The standard InChI is InChI=1S/C42H44N16O24S4/c1-39-41(3)55-15-47-29-27-43(31(47)59)13-45-28-30-49(33(45)61)17-57-37(65)53-11-21-22(26(82-86(76,77)78)8-7-25(21)81-85(73,74)75)12-54-38(66)58(42(57,4)40(53,54)2)18-50(30)34(62)46(28)14-44(27)32(60)48(29)16-56(41)36(64)52(39)10-20-19(9-51(39)35(55)63)23(79-83(67,68)69)5-6-24(20)80-84(70,71)72/h5-8,27-30H,9-18H2,1-4H3,(H,67,68,69)(H,70,71,72)(H,73,74,75)(H,76,77,78). The van der Waals surface area contributed by atoms with E-state index in [1.165, 1.54) is 66.9 Å². The number of nitrogens with zero attached hydrogens (tertiary/aromatic N) is 16. The van der Waals surface area contributed by atoms with Gasteiger partial charge in [0.15, 0.2) is 70.3 Å². The topological polar surface area (TPSA) is 443 Å². The molecule has 13 aliphatic heterocycles. The van der Waals surface area contributed by atoms with Crippen molar-refractivity contribution in [2.75, 3.05) is 40.0 Å². The van der Waals surface area contributed by atoms with Gasteiger partial charge in [-0.1, -0.05) is 0 Å². The highest BCUT2D eigenvalue weighted by Gasteiger charge is 2.80. The van der Waals surface area contributed by atoms with E-state index < -0.39 is 226 Å². The fraction of sp³-hybridized carbons (Fsp3) is 0.524. The average Bonchev–Trinajstić information content (AvgIpc) is 1.50. The number of carbonyl (C=O) groups is 8. The molecule has 0 aromatic heterocycles. The first-order chi connectivity index (χ1) is 39.9. The van der Waals surface area contributed by atoms with E-state index in [1.54, 1.807) is 0 Å². The number of fused-ring (bicyclic) bond motifs is 2. The summed E-state index contributed by atoms with van der Waals surface area (Å²) in [5.41, 5.74) is -8.72. The molecule has 0 aliphatic carbocycles. The molecule has 15 rings (SSSR count). The second-order valence-electron chi connectivity index (χ2n) is 22.7. The van der Waals surface area contributed by atoms with Gasteiger partial charge in [0.2, 0.25) is 0 Å². The fourth-order valence-corrected chi connectivity index (χ4v) is 16.9. The molecule has 0 atom stereocenters. The van der Waals surface area contributed by atoms with E-state index in [9.17, 15) is 51.9 Å². The molecule has 0 radical (unpaired) electrons. The third kappa shape index (κ3) is 6.41. The highest BCUT2D eigenvalue weighted by Crippen LogP contribution is 2.59. The lowest BCUT2D eigenvalue weighted by Gasteiger charge is -2.49. The van der Waals surface area contributed by atoms with Gasteiger partial charge in [0.25, 0.3) is 0 Å². The molecule has 0 saturated carbocycles. The van der Waals surface area contributed by atoms with Crippen molar-refractivity contribution in [1.82, 2.24) is 78.4 Å². The third-order valence-electron chi connectivity index (χ3n) is 19.4. The van der Waals surface area contributed by atoms with Crippen molar-refractivity contribution in [3.8, 4) is 23.0 Å². The van der Waals surface area contributed by atoms with Crippen LogP contribution in [0, 0.1) is 0 Å². The van der Waals surface area contributed by atoms with Crippen LogP contribution < -0.4 is 16.7 Å². The Morgan fingerprint density at radius 3 is 0.674 bits per heavy atom. The van der Waals surface area contributed by atoms with Gasteiger partial charge < -0.3 is 16.7 Å². The molecule has 0 unspecified atom stereocenters. The highest BCUT2D eigenvalue weighted by molar-refractivity contribution is 7.82. The third-order valence-corrected chi connectivity index (χ3v) is 21.0. The maximum Gasteiger partial charge on any atom is 0.446 e. The number of amides is 16. The van der Waals surface area contributed by atoms with E-state index in [1.807, 2.05) is 0 Å². The molecular formula is C42H44N16O24S4. The lowest BCUT2D eigenvalue weighted by Crippen LogP contribution is -2.69. The number of hydrogen-bond donors (Lipinski definition) is 4. The summed E-state index contributed by atoms with van der Waals surface area (Å²) < 4.78 is 155. The number of carbonyl (C=O) groups excluding carboxylic acids is 8. The van der Waals surface area contributed by atoms with E-state index >= 15 is 38.4 Å². The number of rotatable bonds is 8. The molecular weight excluding hydrogens is 1240 g/mol. The molecule has 86 heavy (non-hydrogen) atoms. The summed E-state index contributed by atoms with van der Waals surface area (Å²) >= 11 is 0. The van der Waals surface area contributed by atoms with Gasteiger partial charge in [0.1, 0.15) is 40.0 Å². The zero-order valence-corrected chi connectivity index (χ0v) is 47.7. The lowest BCUT2D eigenvalue weighted by molar-refractivity contribution is -0.0871. The molecule has 2 aromatic carbocycles. The summed E-state index contributed by atoms with van der Waals surface area (Å²) in [5.74, 6) is -2.52. The minimum atomic E-state index is -5.31. The molecule has 4 N–H and O–H groups in total. The molecule has 40 nitrogen and oxygen atoms in total. The number of hydrogen-bond acceptors (Lipinski definition) is 20. The van der Waals surface area contributed by atoms with Crippen LogP contribution >= 0.6 is 0 Å². The van der Waals surface area contributed by atoms with Crippen LogP contribution in [0.4, 0.5) is 38.4 Å². The van der Waals surface area contributed by atoms with Gasteiger partial charge in [0, 0.05) is 22.3 Å². The number of urea groups is 8. The van der Waals surface area contributed by atoms with E-state index in [-0.39, 0.29) is 22.3 Å². The minimum absolute atomic E-state index is 0.290. The smallest absolute Gasteiger partial charge is 0.361 e. The summed E-state index contributed by atoms with van der Waals surface area (Å²) in [6.45, 7) is -1.01. The van der Waals surface area contributed by atoms with Gasteiger partial charge in [-0.05, 0) is 52.0 Å². The summed E-state index contributed by atoms with van der Waals surface area (Å²) in [6, 6.07) is -3.56. The van der Waals surface area contributed by atoms with Gasteiger partial charge in [-0.25, -0.2) is 38.4 Å². The Morgan fingerprint density at radius 1 is 0.314 bits per heavy atom. The molecule has 11 saturated heterocycles. The van der Waals surface area contributed by atoms with Crippen LogP contribution in [0.15, 0.2) is 24.3 Å². The van der Waals surface area contributed by atoms with Crippen LogP contribution in [0.3, 0.4) is 0 Å². The Bertz CT molecular complexity index is 3660. The predicted molar refractivity (Wildman–Crippen MR) is 267 cm³/mol. The van der Waals surface area contributed by atoms with Gasteiger partial charge in [-0.15, -0.1) is 0 Å². The van der Waals surface area contributed by atoms with Gasteiger partial charge in [-0.2, -0.15) is 33.7 Å². The Balaban J connectivity index is 0.794. The van der Waals surface area contributed by atoms with E-state index in [4.69, 9.17) is 16.7 Å². The first-order valence-electron chi connectivity index (χ1n) is 25.6.